The molecule has 100 valence electrons. The Hall–Kier alpha value is -1.95. The first-order valence-electron chi connectivity index (χ1n) is 5.86. The zero-order valence-electron chi connectivity index (χ0n) is 11.2. The van der Waals surface area contributed by atoms with Crippen LogP contribution in [-0.4, -0.2) is 27.8 Å². The maximum Gasteiger partial charge on any atom is 0.273 e. The van der Waals surface area contributed by atoms with Gasteiger partial charge in [-0.05, 0) is 31.5 Å². The number of hydrogen-bond donors (Lipinski definition) is 1. The number of nitrogens with zero attached hydrogens (tertiary/aromatic N) is 3. The van der Waals surface area contributed by atoms with Crippen LogP contribution >= 0.6 is 11.3 Å². The summed E-state index contributed by atoms with van der Waals surface area (Å²) in [5.74, 6) is -0.145. The number of carbonyl (C=O) groups excluding carboxylic acids is 1. The van der Waals surface area contributed by atoms with E-state index in [-0.39, 0.29) is 5.91 Å². The van der Waals surface area contributed by atoms with Crippen molar-refractivity contribution in [1.82, 2.24) is 14.9 Å². The highest BCUT2D eigenvalue weighted by Gasteiger charge is 2.15. The molecule has 6 heteroatoms. The van der Waals surface area contributed by atoms with Crippen LogP contribution in [0.3, 0.4) is 0 Å². The van der Waals surface area contributed by atoms with Crippen LogP contribution < -0.4 is 5.73 Å². The smallest absolute Gasteiger partial charge is 0.273 e. The van der Waals surface area contributed by atoms with Crippen molar-refractivity contribution in [2.45, 2.75) is 20.4 Å². The molecule has 2 rings (SSSR count). The standard InChI is InChI=1S/C13H16N4OS/c1-8-4-9(2)15-10(5-8)6-17(3)12(18)11-7-19-13(14)16-11/h4-5,7H,6H2,1-3H3,(H2,14,16). The van der Waals surface area contributed by atoms with Crippen molar-refractivity contribution in [2.75, 3.05) is 12.8 Å². The molecule has 1 amide bonds. The van der Waals surface area contributed by atoms with Crippen LogP contribution in [0.15, 0.2) is 17.5 Å². The van der Waals surface area contributed by atoms with Gasteiger partial charge in [-0.3, -0.25) is 9.78 Å². The summed E-state index contributed by atoms with van der Waals surface area (Å²) < 4.78 is 0. The van der Waals surface area contributed by atoms with E-state index in [1.165, 1.54) is 11.3 Å². The Morgan fingerprint density at radius 3 is 2.68 bits per heavy atom. The predicted octanol–water partition coefficient (Wildman–Crippen LogP) is 2.01. The van der Waals surface area contributed by atoms with Crippen molar-refractivity contribution in [2.24, 2.45) is 0 Å². The van der Waals surface area contributed by atoms with Gasteiger partial charge in [-0.15, -0.1) is 11.3 Å². The molecule has 0 aliphatic heterocycles. The lowest BCUT2D eigenvalue weighted by Crippen LogP contribution is -2.27. The summed E-state index contributed by atoms with van der Waals surface area (Å²) in [6, 6.07) is 3.98. The molecular formula is C13H16N4OS. The van der Waals surface area contributed by atoms with E-state index >= 15 is 0 Å². The molecule has 0 saturated carbocycles. The summed E-state index contributed by atoms with van der Waals surface area (Å²) >= 11 is 1.26. The van der Waals surface area contributed by atoms with E-state index < -0.39 is 0 Å². The van der Waals surface area contributed by atoms with Gasteiger partial charge < -0.3 is 10.6 Å². The third-order valence-corrected chi connectivity index (χ3v) is 3.31. The number of hydrogen-bond acceptors (Lipinski definition) is 5. The number of anilines is 1. The number of amides is 1. The Labute approximate surface area is 116 Å². The summed E-state index contributed by atoms with van der Waals surface area (Å²) in [6.45, 7) is 4.42. The van der Waals surface area contributed by atoms with Gasteiger partial charge in [-0.25, -0.2) is 4.98 Å². The number of rotatable bonds is 3. The lowest BCUT2D eigenvalue weighted by Gasteiger charge is -2.16. The van der Waals surface area contributed by atoms with Crippen LogP contribution in [-0.2, 0) is 6.54 Å². The van der Waals surface area contributed by atoms with E-state index in [1.807, 2.05) is 26.0 Å². The SMILES string of the molecule is Cc1cc(C)nc(CN(C)C(=O)c2csc(N)n2)c1. The first-order valence-corrected chi connectivity index (χ1v) is 6.74. The Morgan fingerprint density at radius 2 is 2.11 bits per heavy atom. The first-order chi connectivity index (χ1) is 8.95. The van der Waals surface area contributed by atoms with Gasteiger partial charge in [0.05, 0.1) is 12.2 Å². The number of aromatic nitrogens is 2. The average Bonchev–Trinajstić information content (AvgIpc) is 2.73. The number of nitrogens with two attached hydrogens (primary N) is 1. The highest BCUT2D eigenvalue weighted by molar-refractivity contribution is 7.13. The van der Waals surface area contributed by atoms with Gasteiger partial charge in [0.2, 0.25) is 0 Å². The minimum absolute atomic E-state index is 0.145. The summed E-state index contributed by atoms with van der Waals surface area (Å²) in [5.41, 5.74) is 8.88. The van der Waals surface area contributed by atoms with Crippen molar-refractivity contribution in [3.63, 3.8) is 0 Å². The van der Waals surface area contributed by atoms with Gasteiger partial charge in [0.25, 0.3) is 5.91 Å². The van der Waals surface area contributed by atoms with Gasteiger partial charge in [0.15, 0.2) is 5.13 Å². The molecule has 0 bridgehead atoms. The van der Waals surface area contributed by atoms with Crippen LogP contribution in [0.2, 0.25) is 0 Å². The van der Waals surface area contributed by atoms with Crippen LogP contribution in [0.4, 0.5) is 5.13 Å². The van der Waals surface area contributed by atoms with Gasteiger partial charge in [-0.2, -0.15) is 0 Å². The summed E-state index contributed by atoms with van der Waals surface area (Å²) in [4.78, 5) is 22.1. The minimum atomic E-state index is -0.145. The van der Waals surface area contributed by atoms with Gasteiger partial charge in [-0.1, -0.05) is 0 Å². The van der Waals surface area contributed by atoms with E-state index in [4.69, 9.17) is 5.73 Å². The molecule has 0 aliphatic rings. The largest absolute Gasteiger partial charge is 0.375 e. The van der Waals surface area contributed by atoms with E-state index in [2.05, 4.69) is 9.97 Å². The van der Waals surface area contributed by atoms with Crippen LogP contribution in [0.5, 0.6) is 0 Å². The van der Waals surface area contributed by atoms with E-state index in [1.54, 1.807) is 17.3 Å². The highest BCUT2D eigenvalue weighted by atomic mass is 32.1. The van der Waals surface area contributed by atoms with Gasteiger partial charge in [0.1, 0.15) is 5.69 Å². The predicted molar refractivity (Wildman–Crippen MR) is 76.0 cm³/mol. The second-order valence-electron chi connectivity index (χ2n) is 4.51. The van der Waals surface area contributed by atoms with E-state index in [0.29, 0.717) is 17.4 Å². The molecule has 0 aliphatic carbocycles. The molecule has 0 spiro atoms. The van der Waals surface area contributed by atoms with E-state index in [0.717, 1.165) is 17.0 Å². The van der Waals surface area contributed by atoms with Crippen LogP contribution in [0.25, 0.3) is 0 Å². The van der Waals surface area contributed by atoms with Crippen LogP contribution in [0.1, 0.15) is 27.4 Å². The lowest BCUT2D eigenvalue weighted by molar-refractivity contribution is 0.0778. The minimum Gasteiger partial charge on any atom is -0.375 e. The van der Waals surface area contributed by atoms with Crippen molar-refractivity contribution in [1.29, 1.82) is 0 Å². The molecule has 0 fully saturated rings. The average molecular weight is 276 g/mol. The summed E-state index contributed by atoms with van der Waals surface area (Å²) in [7, 11) is 1.73. The molecule has 2 aromatic rings. The number of carbonyl (C=O) groups is 1. The summed E-state index contributed by atoms with van der Waals surface area (Å²) in [6.07, 6.45) is 0. The first kappa shape index (κ1) is 13.5. The topological polar surface area (TPSA) is 72.1 Å². The fourth-order valence-electron chi connectivity index (χ4n) is 1.90. The van der Waals surface area contributed by atoms with Crippen molar-refractivity contribution in [3.8, 4) is 0 Å². The molecule has 0 aromatic carbocycles. The maximum atomic E-state index is 12.1. The van der Waals surface area contributed by atoms with Crippen molar-refractivity contribution in [3.05, 3.63) is 40.2 Å². The fraction of sp³-hybridized carbons (Fsp3) is 0.308. The second-order valence-corrected chi connectivity index (χ2v) is 5.40. The molecular weight excluding hydrogens is 260 g/mol. The molecule has 19 heavy (non-hydrogen) atoms. The normalized spacial score (nSPS) is 10.5. The Kier molecular flexibility index (Phi) is 3.80. The highest BCUT2D eigenvalue weighted by Crippen LogP contribution is 2.14. The molecule has 0 atom stereocenters. The Bertz CT molecular complexity index is 588. The molecule has 0 radical (unpaired) electrons. The monoisotopic (exact) mass is 276 g/mol. The quantitative estimate of drug-likeness (QED) is 0.930. The molecule has 2 N–H and O–H groups in total. The third-order valence-electron chi connectivity index (χ3n) is 2.64. The molecule has 5 nitrogen and oxygen atoms in total. The second kappa shape index (κ2) is 5.36. The fourth-order valence-corrected chi connectivity index (χ4v) is 2.44. The number of pyridine rings is 1. The molecule has 2 aromatic heterocycles. The Balaban J connectivity index is 2.12. The maximum absolute atomic E-state index is 12.1. The Morgan fingerprint density at radius 1 is 1.37 bits per heavy atom. The number of nitrogen functional groups attached to an aromatic ring is 1. The summed E-state index contributed by atoms with van der Waals surface area (Å²) in [5, 5.41) is 2.07. The zero-order valence-corrected chi connectivity index (χ0v) is 12.0. The van der Waals surface area contributed by atoms with Crippen molar-refractivity contribution < 1.29 is 4.79 Å². The third kappa shape index (κ3) is 3.29. The molecule has 2 heterocycles. The van der Waals surface area contributed by atoms with E-state index in [9.17, 15) is 4.79 Å². The number of thiazole rings is 1. The molecule has 0 unspecified atom stereocenters. The van der Waals surface area contributed by atoms with Crippen molar-refractivity contribution >= 4 is 22.4 Å². The molecule has 0 saturated heterocycles. The lowest BCUT2D eigenvalue weighted by atomic mass is 10.2. The number of aryl methyl sites for hydroxylation is 2. The van der Waals surface area contributed by atoms with Gasteiger partial charge in [0, 0.05) is 18.1 Å². The van der Waals surface area contributed by atoms with Crippen LogP contribution in [0, 0.1) is 13.8 Å². The van der Waals surface area contributed by atoms with Gasteiger partial charge >= 0.3 is 0 Å². The zero-order chi connectivity index (χ0) is 14.0.